The zero-order valence-electron chi connectivity index (χ0n) is 20.3. The molecule has 0 aromatic carbocycles. The van der Waals surface area contributed by atoms with Crippen LogP contribution in [0, 0.1) is 28.6 Å². The fourth-order valence-electron chi connectivity index (χ4n) is 7.73. The van der Waals surface area contributed by atoms with Crippen molar-refractivity contribution in [3.8, 4) is 0 Å². The molecule has 0 bridgehead atoms. The van der Waals surface area contributed by atoms with Gasteiger partial charge in [0.25, 0.3) is 5.91 Å². The molecule has 6 nitrogen and oxygen atoms in total. The third-order valence-corrected chi connectivity index (χ3v) is 9.58. The summed E-state index contributed by atoms with van der Waals surface area (Å²) in [6, 6.07) is 0. The Labute approximate surface area is 196 Å². The predicted octanol–water partition coefficient (Wildman–Crippen LogP) is 2.45. The molecule has 0 spiro atoms. The maximum Gasteiger partial charge on any atom is 0.252 e. The number of ketones is 1. The van der Waals surface area contributed by atoms with Crippen LogP contribution in [0.3, 0.4) is 0 Å². The summed E-state index contributed by atoms with van der Waals surface area (Å²) in [5.41, 5.74) is -4.92. The van der Waals surface area contributed by atoms with Crippen LogP contribution in [0.15, 0.2) is 23.8 Å². The molecule has 0 heterocycles. The van der Waals surface area contributed by atoms with Gasteiger partial charge in [-0.05, 0) is 69.6 Å². The highest BCUT2D eigenvalue weighted by Gasteiger charge is 2.75. The van der Waals surface area contributed by atoms with Crippen LogP contribution in [0.1, 0.15) is 59.8 Å². The lowest BCUT2D eigenvalue weighted by Crippen LogP contribution is -2.70. The molecule has 1 amide bonds. The lowest BCUT2D eigenvalue weighted by Gasteiger charge is -2.62. The molecule has 0 saturated heterocycles. The largest absolute Gasteiger partial charge is 0.390 e. The van der Waals surface area contributed by atoms with Gasteiger partial charge in [0.05, 0.1) is 6.10 Å². The summed E-state index contributed by atoms with van der Waals surface area (Å²) in [4.78, 5) is 25.3. The van der Waals surface area contributed by atoms with Crippen LogP contribution in [0.25, 0.3) is 0 Å². The highest BCUT2D eigenvalue weighted by atomic mass is 19.1. The van der Waals surface area contributed by atoms with Crippen LogP contribution in [-0.4, -0.2) is 58.9 Å². The van der Waals surface area contributed by atoms with E-state index in [2.05, 4.69) is 17.6 Å². The van der Waals surface area contributed by atoms with Crippen molar-refractivity contribution in [1.29, 1.82) is 0 Å². The maximum absolute atomic E-state index is 17.1. The molecule has 0 unspecified atom stereocenters. The number of aliphatic hydroxyl groups is 2. The minimum absolute atomic E-state index is 0.00231. The number of allylic oxidation sites excluding steroid dienone is 4. The average molecular weight is 463 g/mol. The van der Waals surface area contributed by atoms with E-state index < -0.39 is 40.0 Å². The Kier molecular flexibility index (Phi) is 6.16. The molecular formula is C26H39FN2O4. The third kappa shape index (κ3) is 3.22. The molecule has 0 aliphatic heterocycles. The Morgan fingerprint density at radius 2 is 1.97 bits per heavy atom. The number of halogens is 1. The number of amides is 1. The van der Waals surface area contributed by atoms with Crippen molar-refractivity contribution in [3.63, 3.8) is 0 Å². The van der Waals surface area contributed by atoms with E-state index in [0.717, 1.165) is 18.5 Å². The van der Waals surface area contributed by atoms with Gasteiger partial charge in [0.1, 0.15) is 0 Å². The van der Waals surface area contributed by atoms with Gasteiger partial charge in [0.15, 0.2) is 17.1 Å². The second kappa shape index (κ2) is 8.28. The normalized spacial score (nSPS) is 46.3. The van der Waals surface area contributed by atoms with Gasteiger partial charge in [-0.1, -0.05) is 32.4 Å². The van der Waals surface area contributed by atoms with Crippen LogP contribution in [0.4, 0.5) is 4.39 Å². The molecular weight excluding hydrogens is 423 g/mol. The predicted molar refractivity (Wildman–Crippen MR) is 124 cm³/mol. The smallest absolute Gasteiger partial charge is 0.252 e. The monoisotopic (exact) mass is 462 g/mol. The van der Waals surface area contributed by atoms with E-state index in [1.54, 1.807) is 13.0 Å². The molecule has 4 aliphatic carbocycles. The van der Waals surface area contributed by atoms with Crippen LogP contribution in [0.5, 0.6) is 0 Å². The van der Waals surface area contributed by atoms with Gasteiger partial charge >= 0.3 is 0 Å². The maximum atomic E-state index is 17.1. The van der Waals surface area contributed by atoms with Crippen LogP contribution >= 0.6 is 0 Å². The van der Waals surface area contributed by atoms with E-state index in [1.807, 2.05) is 13.8 Å². The summed E-state index contributed by atoms with van der Waals surface area (Å²) in [5, 5.41) is 29.3. The van der Waals surface area contributed by atoms with Gasteiger partial charge in [-0.15, -0.1) is 0 Å². The first kappa shape index (κ1) is 24.6. The van der Waals surface area contributed by atoms with E-state index in [9.17, 15) is 19.8 Å². The Hall–Kier alpha value is -1.57. The first-order chi connectivity index (χ1) is 15.5. The SMILES string of the molecule is CCCNCCNC(=O)[C@@]1(O)[C@H](C)C[C@H]2[C@@H]3CCC4=CC(=O)C=C[C@]4(C)[C@@]3(F)[C@@H](O)C[C@@]21C. The minimum Gasteiger partial charge on any atom is -0.390 e. The number of aliphatic hydroxyl groups excluding tert-OH is 1. The van der Waals surface area contributed by atoms with Crippen molar-refractivity contribution in [2.45, 2.75) is 77.2 Å². The van der Waals surface area contributed by atoms with E-state index in [1.165, 1.54) is 12.2 Å². The van der Waals surface area contributed by atoms with E-state index in [-0.39, 0.29) is 24.0 Å². The first-order valence-corrected chi connectivity index (χ1v) is 12.5. The number of hydrogen-bond acceptors (Lipinski definition) is 5. The average Bonchev–Trinajstić information content (AvgIpc) is 2.96. The Morgan fingerprint density at radius 1 is 1.24 bits per heavy atom. The van der Waals surface area contributed by atoms with Crippen LogP contribution in [0.2, 0.25) is 0 Å². The van der Waals surface area contributed by atoms with E-state index in [4.69, 9.17) is 0 Å². The van der Waals surface area contributed by atoms with Crippen molar-refractivity contribution in [2.24, 2.45) is 28.6 Å². The summed E-state index contributed by atoms with van der Waals surface area (Å²) in [5.74, 6) is -1.70. The molecule has 4 aliphatic rings. The molecule has 3 saturated carbocycles. The standard InChI is InChI=1S/C26H39FN2O4/c1-5-10-28-11-12-29-22(32)26(33)16(2)13-20-19-7-6-17-14-18(30)8-9-23(17,3)25(19,27)21(31)15-24(20,26)4/h8-9,14,16,19-21,28,31,33H,5-7,10-13,15H2,1-4H3,(H,29,32)/t16-,19+,20+,21+,23+,24+,25+,26+/m1/s1. The molecule has 33 heavy (non-hydrogen) atoms. The van der Waals surface area contributed by atoms with Gasteiger partial charge in [-0.2, -0.15) is 0 Å². The number of nitrogens with one attached hydrogen (secondary N) is 2. The highest BCUT2D eigenvalue weighted by molar-refractivity contribution is 6.01. The van der Waals surface area contributed by atoms with Gasteiger partial charge in [0, 0.05) is 29.8 Å². The number of hydrogen-bond donors (Lipinski definition) is 4. The van der Waals surface area contributed by atoms with E-state index in [0.29, 0.717) is 32.4 Å². The van der Waals surface area contributed by atoms with Crippen molar-refractivity contribution in [1.82, 2.24) is 10.6 Å². The third-order valence-electron chi connectivity index (χ3n) is 9.58. The summed E-state index contributed by atoms with van der Waals surface area (Å²) in [7, 11) is 0. The molecule has 0 aromatic heterocycles. The minimum atomic E-state index is -1.95. The second-order valence-electron chi connectivity index (χ2n) is 11.2. The molecule has 0 aromatic rings. The fraction of sp³-hybridized carbons (Fsp3) is 0.769. The molecule has 3 fully saturated rings. The topological polar surface area (TPSA) is 98.7 Å². The number of carbonyl (C=O) groups excluding carboxylic acids is 2. The van der Waals surface area contributed by atoms with Gasteiger partial charge in [-0.25, -0.2) is 4.39 Å². The molecule has 184 valence electrons. The summed E-state index contributed by atoms with van der Waals surface area (Å²) < 4.78 is 17.1. The lowest BCUT2D eigenvalue weighted by molar-refractivity contribution is -0.219. The van der Waals surface area contributed by atoms with E-state index >= 15 is 4.39 Å². The van der Waals surface area contributed by atoms with Gasteiger partial charge < -0.3 is 20.8 Å². The number of alkyl halides is 1. The number of rotatable bonds is 6. The Balaban J connectivity index is 1.64. The number of fused-ring (bicyclic) bond motifs is 5. The molecule has 0 radical (unpaired) electrons. The zero-order valence-corrected chi connectivity index (χ0v) is 20.3. The Bertz CT molecular complexity index is 890. The first-order valence-electron chi connectivity index (χ1n) is 12.5. The summed E-state index contributed by atoms with van der Waals surface area (Å²) >= 11 is 0. The van der Waals surface area contributed by atoms with Crippen molar-refractivity contribution >= 4 is 11.7 Å². The van der Waals surface area contributed by atoms with Gasteiger partial charge in [0.2, 0.25) is 0 Å². The van der Waals surface area contributed by atoms with Crippen molar-refractivity contribution in [3.05, 3.63) is 23.8 Å². The molecule has 7 heteroatoms. The van der Waals surface area contributed by atoms with Crippen molar-refractivity contribution in [2.75, 3.05) is 19.6 Å². The zero-order chi connectivity index (χ0) is 24.2. The fourth-order valence-corrected chi connectivity index (χ4v) is 7.73. The lowest BCUT2D eigenvalue weighted by atomic mass is 9.44. The quantitative estimate of drug-likeness (QED) is 0.455. The highest BCUT2D eigenvalue weighted by Crippen LogP contribution is 2.70. The van der Waals surface area contributed by atoms with Crippen LogP contribution in [-0.2, 0) is 9.59 Å². The molecule has 4 rings (SSSR count). The van der Waals surface area contributed by atoms with Crippen molar-refractivity contribution < 1.29 is 24.2 Å². The second-order valence-corrected chi connectivity index (χ2v) is 11.2. The summed E-state index contributed by atoms with van der Waals surface area (Å²) in [6.07, 6.45) is 5.78. The summed E-state index contributed by atoms with van der Waals surface area (Å²) in [6.45, 7) is 9.44. The van der Waals surface area contributed by atoms with Crippen LogP contribution < -0.4 is 10.6 Å². The molecule has 4 N–H and O–H groups in total. The molecule has 8 atom stereocenters. The number of carbonyl (C=O) groups is 2. The van der Waals surface area contributed by atoms with Gasteiger partial charge in [-0.3, -0.25) is 9.59 Å². The Morgan fingerprint density at radius 3 is 2.67 bits per heavy atom.